The van der Waals surface area contributed by atoms with Gasteiger partial charge in [-0.3, -0.25) is 0 Å². The van der Waals surface area contributed by atoms with E-state index < -0.39 is 10.0 Å². The van der Waals surface area contributed by atoms with Crippen molar-refractivity contribution in [2.24, 2.45) is 29.6 Å². The molecule has 0 amide bonds. The summed E-state index contributed by atoms with van der Waals surface area (Å²) in [6.07, 6.45) is 10.3. The van der Waals surface area contributed by atoms with Gasteiger partial charge < -0.3 is 9.64 Å². The van der Waals surface area contributed by atoms with Gasteiger partial charge in [0, 0.05) is 32.8 Å². The molecule has 0 aromatic carbocycles. The van der Waals surface area contributed by atoms with Gasteiger partial charge in [0.1, 0.15) is 0 Å². The van der Waals surface area contributed by atoms with Crippen LogP contribution < -0.4 is 4.90 Å². The van der Waals surface area contributed by atoms with Crippen LogP contribution in [-0.4, -0.2) is 67.3 Å². The molecular formula is C25H41ClN4O3S. The average Bonchev–Trinajstić information content (AvgIpc) is 3.62. The van der Waals surface area contributed by atoms with Gasteiger partial charge in [0.05, 0.1) is 29.3 Å². The third kappa shape index (κ3) is 6.42. The molecule has 1 unspecified atom stereocenters. The molecule has 1 aliphatic carbocycles. The lowest BCUT2D eigenvalue weighted by Crippen LogP contribution is -2.43. The SMILES string of the molecule is CCS(=O)(=O)N1CCC(C(OCC[C@@H]2C[C@@H]2C2CCN(c3ncc(Cl)cn3)CC2)C(C)C)CC1. The summed E-state index contributed by atoms with van der Waals surface area (Å²) in [5.74, 6) is 4.34. The van der Waals surface area contributed by atoms with Gasteiger partial charge in [0.15, 0.2) is 0 Å². The molecule has 2 saturated heterocycles. The molecule has 3 fully saturated rings. The fourth-order valence-corrected chi connectivity index (χ4v) is 7.30. The maximum absolute atomic E-state index is 12.2. The number of rotatable bonds is 10. The van der Waals surface area contributed by atoms with E-state index in [9.17, 15) is 8.42 Å². The summed E-state index contributed by atoms with van der Waals surface area (Å²) in [7, 11) is -3.07. The predicted octanol–water partition coefficient (Wildman–Crippen LogP) is 4.48. The van der Waals surface area contributed by atoms with Gasteiger partial charge in [-0.05, 0) is 75.0 Å². The van der Waals surface area contributed by atoms with Crippen molar-refractivity contribution in [2.45, 2.75) is 65.4 Å². The van der Waals surface area contributed by atoms with E-state index in [4.69, 9.17) is 16.3 Å². The molecule has 1 saturated carbocycles. The van der Waals surface area contributed by atoms with Crippen LogP contribution in [0.1, 0.15) is 59.3 Å². The van der Waals surface area contributed by atoms with Crippen molar-refractivity contribution in [1.82, 2.24) is 14.3 Å². The Hall–Kier alpha value is -0.960. The number of hydrogen-bond donors (Lipinski definition) is 0. The Morgan fingerprint density at radius 3 is 2.32 bits per heavy atom. The highest BCUT2D eigenvalue weighted by Gasteiger charge is 2.43. The van der Waals surface area contributed by atoms with Crippen LogP contribution in [0, 0.1) is 29.6 Å². The smallest absolute Gasteiger partial charge is 0.225 e. The normalized spacial score (nSPS) is 26.2. The summed E-state index contributed by atoms with van der Waals surface area (Å²) in [6.45, 7) is 10.3. The Bertz CT molecular complexity index is 882. The third-order valence-electron chi connectivity index (χ3n) is 8.19. The highest BCUT2D eigenvalue weighted by Crippen LogP contribution is 2.50. The highest BCUT2D eigenvalue weighted by molar-refractivity contribution is 7.89. The van der Waals surface area contributed by atoms with Crippen LogP contribution in [0.25, 0.3) is 0 Å². The second-order valence-electron chi connectivity index (χ2n) is 10.7. The van der Waals surface area contributed by atoms with Crippen molar-refractivity contribution < 1.29 is 13.2 Å². The molecule has 3 heterocycles. The molecule has 0 radical (unpaired) electrons. The summed E-state index contributed by atoms with van der Waals surface area (Å²) in [6, 6.07) is 0. The van der Waals surface area contributed by atoms with Crippen LogP contribution in [0.4, 0.5) is 5.95 Å². The number of ether oxygens (including phenoxy) is 1. The van der Waals surface area contributed by atoms with Crippen LogP contribution in [-0.2, 0) is 14.8 Å². The second kappa shape index (κ2) is 11.4. The third-order valence-corrected chi connectivity index (χ3v) is 10.3. The van der Waals surface area contributed by atoms with E-state index in [0.717, 1.165) is 62.7 Å². The second-order valence-corrected chi connectivity index (χ2v) is 13.4. The summed E-state index contributed by atoms with van der Waals surface area (Å²) < 4.78 is 32.5. The van der Waals surface area contributed by atoms with Gasteiger partial charge >= 0.3 is 0 Å². The van der Waals surface area contributed by atoms with E-state index in [2.05, 4.69) is 28.7 Å². The quantitative estimate of drug-likeness (QED) is 0.460. The lowest BCUT2D eigenvalue weighted by atomic mass is 9.86. The summed E-state index contributed by atoms with van der Waals surface area (Å²) >= 11 is 5.91. The molecule has 3 atom stereocenters. The number of anilines is 1. The Morgan fingerprint density at radius 1 is 1.09 bits per heavy atom. The first-order valence-corrected chi connectivity index (χ1v) is 15.1. The monoisotopic (exact) mass is 512 g/mol. The molecular weight excluding hydrogens is 472 g/mol. The summed E-state index contributed by atoms with van der Waals surface area (Å²) in [4.78, 5) is 11.0. The predicted molar refractivity (Wildman–Crippen MR) is 137 cm³/mol. The largest absolute Gasteiger partial charge is 0.378 e. The molecule has 0 bridgehead atoms. The van der Waals surface area contributed by atoms with Gasteiger partial charge in [-0.1, -0.05) is 25.4 Å². The van der Waals surface area contributed by atoms with Crippen molar-refractivity contribution in [3.05, 3.63) is 17.4 Å². The van der Waals surface area contributed by atoms with Gasteiger partial charge in [0.2, 0.25) is 16.0 Å². The Kier molecular flexibility index (Phi) is 8.75. The number of halogens is 1. The number of sulfonamides is 1. The zero-order chi connectivity index (χ0) is 24.3. The zero-order valence-electron chi connectivity index (χ0n) is 20.9. The minimum atomic E-state index is -3.07. The van der Waals surface area contributed by atoms with Crippen LogP contribution in [0.2, 0.25) is 5.02 Å². The van der Waals surface area contributed by atoms with Crippen molar-refractivity contribution in [3.63, 3.8) is 0 Å². The first-order valence-electron chi connectivity index (χ1n) is 13.1. The molecule has 0 N–H and O–H groups in total. The fourth-order valence-electron chi connectivity index (χ4n) is 6.07. The van der Waals surface area contributed by atoms with Crippen LogP contribution >= 0.6 is 11.6 Å². The van der Waals surface area contributed by atoms with E-state index in [1.165, 1.54) is 19.3 Å². The van der Waals surface area contributed by atoms with Crippen LogP contribution in [0.3, 0.4) is 0 Å². The molecule has 192 valence electrons. The van der Waals surface area contributed by atoms with Gasteiger partial charge in [-0.15, -0.1) is 0 Å². The molecule has 2 aliphatic heterocycles. The number of nitrogens with zero attached hydrogens (tertiary/aromatic N) is 4. The molecule has 9 heteroatoms. The molecule has 4 rings (SSSR count). The lowest BCUT2D eigenvalue weighted by molar-refractivity contribution is -0.0333. The molecule has 34 heavy (non-hydrogen) atoms. The van der Waals surface area contributed by atoms with E-state index in [1.54, 1.807) is 23.6 Å². The molecule has 1 aromatic heterocycles. The number of piperidine rings is 2. The summed E-state index contributed by atoms with van der Waals surface area (Å²) in [5, 5.41) is 0.580. The van der Waals surface area contributed by atoms with Gasteiger partial charge in [0.25, 0.3) is 0 Å². The number of aromatic nitrogens is 2. The number of hydrogen-bond acceptors (Lipinski definition) is 6. The van der Waals surface area contributed by atoms with E-state index >= 15 is 0 Å². The molecule has 0 spiro atoms. The van der Waals surface area contributed by atoms with Crippen LogP contribution in [0.15, 0.2) is 12.4 Å². The van der Waals surface area contributed by atoms with Crippen molar-refractivity contribution >= 4 is 27.6 Å². The van der Waals surface area contributed by atoms with E-state index in [1.807, 2.05) is 0 Å². The van der Waals surface area contributed by atoms with E-state index in [0.29, 0.717) is 29.9 Å². The first-order chi connectivity index (χ1) is 16.3. The van der Waals surface area contributed by atoms with Gasteiger partial charge in [-0.2, -0.15) is 0 Å². The molecule has 7 nitrogen and oxygen atoms in total. The zero-order valence-corrected chi connectivity index (χ0v) is 22.5. The lowest BCUT2D eigenvalue weighted by Gasteiger charge is -2.37. The van der Waals surface area contributed by atoms with Crippen molar-refractivity contribution in [3.8, 4) is 0 Å². The maximum atomic E-state index is 12.2. The minimum absolute atomic E-state index is 0.193. The van der Waals surface area contributed by atoms with Crippen LogP contribution in [0.5, 0.6) is 0 Å². The average molecular weight is 513 g/mol. The standard InChI is InChI=1S/C25H41ClN4O3S/c1-4-34(31,32)30-12-7-20(8-13-30)24(18(2)3)33-14-9-21-15-23(21)19-5-10-29(11-6-19)25-27-16-22(26)17-28-25/h16-21,23-24H,4-15H2,1-3H3/t21-,23-,24?/m1/s1. The molecule has 1 aromatic rings. The van der Waals surface area contributed by atoms with Crippen molar-refractivity contribution in [1.29, 1.82) is 0 Å². The summed E-state index contributed by atoms with van der Waals surface area (Å²) in [5.41, 5.74) is 0. The van der Waals surface area contributed by atoms with E-state index in [-0.39, 0.29) is 11.9 Å². The fraction of sp³-hybridized carbons (Fsp3) is 0.840. The first kappa shape index (κ1) is 26.1. The topological polar surface area (TPSA) is 75.6 Å². The molecule has 3 aliphatic rings. The minimum Gasteiger partial charge on any atom is -0.378 e. The van der Waals surface area contributed by atoms with Crippen molar-refractivity contribution in [2.75, 3.05) is 43.4 Å². The van der Waals surface area contributed by atoms with Gasteiger partial charge in [-0.25, -0.2) is 22.7 Å². The maximum Gasteiger partial charge on any atom is 0.225 e. The Balaban J connectivity index is 1.17. The highest BCUT2D eigenvalue weighted by atomic mass is 35.5. The Morgan fingerprint density at radius 2 is 1.74 bits per heavy atom. The Labute approximate surface area is 210 Å².